The van der Waals surface area contributed by atoms with Crippen molar-refractivity contribution in [3.05, 3.63) is 54.7 Å². The molecule has 4 heterocycles. The van der Waals surface area contributed by atoms with Crippen LogP contribution >= 0.6 is 11.3 Å². The fourth-order valence-electron chi connectivity index (χ4n) is 3.68. The van der Waals surface area contributed by atoms with Crippen LogP contribution in [0.2, 0.25) is 0 Å². The summed E-state index contributed by atoms with van der Waals surface area (Å²) in [6.07, 6.45) is 7.19. The van der Waals surface area contributed by atoms with E-state index in [9.17, 15) is 0 Å². The van der Waals surface area contributed by atoms with Crippen molar-refractivity contribution in [3.63, 3.8) is 0 Å². The minimum Gasteiger partial charge on any atom is -0.356 e. The lowest BCUT2D eigenvalue weighted by molar-refractivity contribution is 0.365. The molecule has 1 aliphatic heterocycles. The lowest BCUT2D eigenvalue weighted by atomic mass is 10.0. The fraction of sp³-hybridized carbons (Fsp3) is 0.263. The highest BCUT2D eigenvalue weighted by molar-refractivity contribution is 7.17. The van der Waals surface area contributed by atoms with Gasteiger partial charge in [-0.3, -0.25) is 0 Å². The summed E-state index contributed by atoms with van der Waals surface area (Å²) in [7, 11) is 0. The Bertz CT molecular complexity index is 1000. The van der Waals surface area contributed by atoms with E-state index in [1.54, 1.807) is 24.0 Å². The van der Waals surface area contributed by atoms with Crippen molar-refractivity contribution in [1.82, 2.24) is 24.7 Å². The summed E-state index contributed by atoms with van der Waals surface area (Å²) in [6, 6.07) is 10.9. The lowest BCUT2D eigenvalue weighted by Gasteiger charge is -2.33. The van der Waals surface area contributed by atoms with E-state index in [-0.39, 0.29) is 0 Å². The second kappa shape index (κ2) is 6.49. The molecule has 0 aliphatic carbocycles. The minimum atomic E-state index is 0.419. The third-order valence-corrected chi connectivity index (χ3v) is 5.90. The van der Waals surface area contributed by atoms with Crippen LogP contribution in [-0.4, -0.2) is 37.8 Å². The summed E-state index contributed by atoms with van der Waals surface area (Å²) in [5, 5.41) is 7.66. The van der Waals surface area contributed by atoms with Gasteiger partial charge in [0, 0.05) is 24.0 Å². The molecule has 0 unspecified atom stereocenters. The number of hydrogen-bond acceptors (Lipinski definition) is 6. The zero-order chi connectivity index (χ0) is 17.3. The van der Waals surface area contributed by atoms with E-state index in [0.29, 0.717) is 6.04 Å². The van der Waals surface area contributed by atoms with Gasteiger partial charge in [-0.2, -0.15) is 5.10 Å². The average Bonchev–Trinajstić information content (AvgIpc) is 3.39. The molecule has 4 aromatic rings. The summed E-state index contributed by atoms with van der Waals surface area (Å²) in [6.45, 7) is 1.92. The van der Waals surface area contributed by atoms with Gasteiger partial charge >= 0.3 is 0 Å². The molecule has 6 nitrogen and oxygen atoms in total. The molecular weight excluding hydrogens is 344 g/mol. The predicted octanol–water partition coefficient (Wildman–Crippen LogP) is 3.79. The highest BCUT2D eigenvalue weighted by atomic mass is 32.1. The van der Waals surface area contributed by atoms with Crippen LogP contribution in [0.25, 0.3) is 21.3 Å². The van der Waals surface area contributed by atoms with Gasteiger partial charge in [0.2, 0.25) is 0 Å². The maximum atomic E-state index is 4.66. The zero-order valence-electron chi connectivity index (χ0n) is 14.2. The lowest BCUT2D eigenvalue weighted by Crippen LogP contribution is -2.35. The first-order chi connectivity index (χ1) is 12.9. The molecule has 0 radical (unpaired) electrons. The van der Waals surface area contributed by atoms with Gasteiger partial charge in [0.15, 0.2) is 0 Å². The number of aromatic nitrogens is 5. The summed E-state index contributed by atoms with van der Waals surface area (Å²) in [4.78, 5) is 16.7. The second-order valence-corrected chi connectivity index (χ2v) is 7.34. The van der Waals surface area contributed by atoms with Crippen molar-refractivity contribution in [2.45, 2.75) is 18.9 Å². The minimum absolute atomic E-state index is 0.419. The molecule has 3 aromatic heterocycles. The number of nitrogens with zero attached hydrogens (tertiary/aromatic N) is 6. The Labute approximate surface area is 155 Å². The first-order valence-electron chi connectivity index (χ1n) is 8.77. The van der Waals surface area contributed by atoms with E-state index in [1.165, 1.54) is 16.5 Å². The standard InChI is InChI=1S/C19H18N6S/c1-2-4-14(5-3-1)16-10-26-19-17(16)18(21-12-22-19)24-8-6-15(7-9-24)25-13-20-11-23-25/h1-5,10-13,15H,6-9H2. The van der Waals surface area contributed by atoms with Gasteiger partial charge in [0.1, 0.15) is 29.6 Å². The Morgan fingerprint density at radius 1 is 1.00 bits per heavy atom. The van der Waals surface area contributed by atoms with Gasteiger partial charge in [0.05, 0.1) is 11.4 Å². The number of piperidine rings is 1. The van der Waals surface area contributed by atoms with Gasteiger partial charge < -0.3 is 4.90 Å². The molecule has 1 fully saturated rings. The smallest absolute Gasteiger partial charge is 0.141 e. The first-order valence-corrected chi connectivity index (χ1v) is 9.65. The summed E-state index contributed by atoms with van der Waals surface area (Å²) < 4.78 is 1.98. The van der Waals surface area contributed by atoms with Gasteiger partial charge in [-0.05, 0) is 18.4 Å². The highest BCUT2D eigenvalue weighted by Crippen LogP contribution is 2.38. The Morgan fingerprint density at radius 2 is 1.85 bits per heavy atom. The van der Waals surface area contributed by atoms with Gasteiger partial charge in [-0.15, -0.1) is 11.3 Å². The van der Waals surface area contributed by atoms with Crippen molar-refractivity contribution in [1.29, 1.82) is 0 Å². The second-order valence-electron chi connectivity index (χ2n) is 6.49. The number of thiophene rings is 1. The molecule has 130 valence electrons. The summed E-state index contributed by atoms with van der Waals surface area (Å²) in [5.74, 6) is 1.05. The van der Waals surface area contributed by atoms with Gasteiger partial charge in [-0.1, -0.05) is 30.3 Å². The monoisotopic (exact) mass is 362 g/mol. The van der Waals surface area contributed by atoms with Crippen LogP contribution in [0.5, 0.6) is 0 Å². The molecule has 0 spiro atoms. The van der Waals surface area contributed by atoms with E-state index in [1.807, 2.05) is 17.1 Å². The molecule has 7 heteroatoms. The van der Waals surface area contributed by atoms with E-state index in [2.05, 4.69) is 54.6 Å². The molecule has 0 saturated carbocycles. The van der Waals surface area contributed by atoms with Crippen LogP contribution < -0.4 is 4.90 Å². The van der Waals surface area contributed by atoms with Crippen molar-refractivity contribution in [2.75, 3.05) is 18.0 Å². The van der Waals surface area contributed by atoms with E-state index in [0.717, 1.165) is 36.6 Å². The largest absolute Gasteiger partial charge is 0.356 e. The molecule has 0 bridgehead atoms. The third kappa shape index (κ3) is 2.64. The van der Waals surface area contributed by atoms with Crippen molar-refractivity contribution >= 4 is 27.4 Å². The summed E-state index contributed by atoms with van der Waals surface area (Å²) >= 11 is 1.69. The number of fused-ring (bicyclic) bond motifs is 1. The highest BCUT2D eigenvalue weighted by Gasteiger charge is 2.24. The van der Waals surface area contributed by atoms with E-state index in [4.69, 9.17) is 0 Å². The number of hydrogen-bond donors (Lipinski definition) is 0. The van der Waals surface area contributed by atoms with Crippen LogP contribution in [0.4, 0.5) is 5.82 Å². The number of benzene rings is 1. The maximum Gasteiger partial charge on any atom is 0.141 e. The van der Waals surface area contributed by atoms with Crippen LogP contribution in [0, 0.1) is 0 Å². The van der Waals surface area contributed by atoms with Crippen molar-refractivity contribution in [2.24, 2.45) is 0 Å². The van der Waals surface area contributed by atoms with Crippen LogP contribution in [0.15, 0.2) is 54.7 Å². The van der Waals surface area contributed by atoms with Crippen molar-refractivity contribution in [3.8, 4) is 11.1 Å². The Balaban J connectivity index is 1.49. The fourth-order valence-corrected chi connectivity index (χ4v) is 4.59. The molecule has 0 amide bonds. The van der Waals surface area contributed by atoms with Crippen LogP contribution in [0.3, 0.4) is 0 Å². The molecule has 1 saturated heterocycles. The molecule has 1 aliphatic rings. The summed E-state index contributed by atoms with van der Waals surface area (Å²) in [5.41, 5.74) is 2.44. The predicted molar refractivity (Wildman–Crippen MR) is 103 cm³/mol. The number of anilines is 1. The van der Waals surface area contributed by atoms with Gasteiger partial charge in [0.25, 0.3) is 0 Å². The molecule has 0 N–H and O–H groups in total. The molecule has 1 aromatic carbocycles. The van der Waals surface area contributed by atoms with E-state index >= 15 is 0 Å². The molecular formula is C19H18N6S. The van der Waals surface area contributed by atoms with Crippen LogP contribution in [-0.2, 0) is 0 Å². The quantitative estimate of drug-likeness (QED) is 0.555. The molecule has 0 atom stereocenters. The van der Waals surface area contributed by atoms with Crippen molar-refractivity contribution < 1.29 is 0 Å². The first kappa shape index (κ1) is 15.5. The number of rotatable bonds is 3. The third-order valence-electron chi connectivity index (χ3n) is 5.01. The van der Waals surface area contributed by atoms with Crippen LogP contribution in [0.1, 0.15) is 18.9 Å². The van der Waals surface area contributed by atoms with E-state index < -0.39 is 0 Å². The Kier molecular flexibility index (Phi) is 3.86. The topological polar surface area (TPSA) is 59.7 Å². The normalized spacial score (nSPS) is 15.6. The van der Waals surface area contributed by atoms with Gasteiger partial charge in [-0.25, -0.2) is 19.6 Å². The SMILES string of the molecule is c1ccc(-c2csc3ncnc(N4CCC(n5cncn5)CC4)c23)cc1. The Hall–Kier alpha value is -2.80. The Morgan fingerprint density at radius 3 is 2.62 bits per heavy atom. The molecule has 5 rings (SSSR count). The zero-order valence-corrected chi connectivity index (χ0v) is 15.0. The average molecular weight is 362 g/mol. The molecule has 26 heavy (non-hydrogen) atoms. The maximum absolute atomic E-state index is 4.66.